The van der Waals surface area contributed by atoms with E-state index >= 15 is 0 Å². The molecule has 2 aromatic heterocycles. The fraction of sp³-hybridized carbons (Fsp3) is 0.400. The van der Waals surface area contributed by atoms with Crippen LogP contribution in [0.4, 0.5) is 4.39 Å². The quantitative estimate of drug-likeness (QED) is 0.579. The van der Waals surface area contributed by atoms with Crippen LogP contribution in [0.3, 0.4) is 0 Å². The first-order valence-corrected chi connectivity index (χ1v) is 6.94. The van der Waals surface area contributed by atoms with Gasteiger partial charge < -0.3 is 14.0 Å². The highest BCUT2D eigenvalue weighted by Crippen LogP contribution is 2.20. The minimum Gasteiger partial charge on any atom is -0.461 e. The fourth-order valence-corrected chi connectivity index (χ4v) is 2.02. The number of carbonyl (C=O) groups excluding carboxylic acids is 1. The van der Waals surface area contributed by atoms with Crippen molar-refractivity contribution in [3.63, 3.8) is 0 Å². The summed E-state index contributed by atoms with van der Waals surface area (Å²) >= 11 is 0. The Hall–Kier alpha value is -2.28. The van der Waals surface area contributed by atoms with Gasteiger partial charge in [-0.3, -0.25) is 4.98 Å². The number of methoxy groups -OCH3 is 1. The molecular formula is C15H18FN3O3. The summed E-state index contributed by atoms with van der Waals surface area (Å²) in [7, 11) is 1.56. The molecule has 0 spiro atoms. The predicted octanol–water partition coefficient (Wildman–Crippen LogP) is 2.22. The zero-order chi connectivity index (χ0) is 15.9. The molecule has 0 saturated heterocycles. The minimum absolute atomic E-state index is 0.162. The molecular weight excluding hydrogens is 289 g/mol. The fourth-order valence-electron chi connectivity index (χ4n) is 2.02. The van der Waals surface area contributed by atoms with E-state index < -0.39 is 11.9 Å². The van der Waals surface area contributed by atoms with Gasteiger partial charge in [-0.25, -0.2) is 9.78 Å². The van der Waals surface area contributed by atoms with Crippen molar-refractivity contribution in [3.8, 4) is 0 Å². The molecule has 22 heavy (non-hydrogen) atoms. The Morgan fingerprint density at radius 1 is 1.36 bits per heavy atom. The molecule has 0 saturated carbocycles. The van der Waals surface area contributed by atoms with Gasteiger partial charge in [0.15, 0.2) is 5.69 Å². The van der Waals surface area contributed by atoms with Crippen LogP contribution in [0.15, 0.2) is 30.7 Å². The number of nitrogens with zero attached hydrogens (tertiary/aromatic N) is 3. The van der Waals surface area contributed by atoms with E-state index in [9.17, 15) is 9.18 Å². The first-order chi connectivity index (χ1) is 10.6. The molecule has 6 nitrogen and oxygen atoms in total. The Labute approximate surface area is 127 Å². The number of ether oxygens (including phenoxy) is 2. The van der Waals surface area contributed by atoms with Crippen molar-refractivity contribution in [2.75, 3.05) is 20.3 Å². The van der Waals surface area contributed by atoms with Crippen molar-refractivity contribution in [1.82, 2.24) is 14.5 Å². The Balaban J connectivity index is 2.15. The summed E-state index contributed by atoms with van der Waals surface area (Å²) in [6.45, 7) is 2.44. The molecule has 0 aliphatic carbocycles. The lowest BCUT2D eigenvalue weighted by Gasteiger charge is -2.15. The zero-order valence-corrected chi connectivity index (χ0v) is 12.5. The number of hydrogen-bond acceptors (Lipinski definition) is 5. The van der Waals surface area contributed by atoms with Gasteiger partial charge in [-0.15, -0.1) is 0 Å². The lowest BCUT2D eigenvalue weighted by molar-refractivity contribution is 0.0449. The van der Waals surface area contributed by atoms with E-state index in [1.54, 1.807) is 25.4 Å². The van der Waals surface area contributed by atoms with Crippen LogP contribution in [0.5, 0.6) is 0 Å². The van der Waals surface area contributed by atoms with Gasteiger partial charge in [0.1, 0.15) is 0 Å². The van der Waals surface area contributed by atoms with Gasteiger partial charge in [0.2, 0.25) is 5.95 Å². The van der Waals surface area contributed by atoms with Gasteiger partial charge in [0, 0.05) is 26.3 Å². The molecule has 7 heteroatoms. The summed E-state index contributed by atoms with van der Waals surface area (Å²) in [6.07, 6.45) is 3.47. The third kappa shape index (κ3) is 3.67. The molecule has 0 radical (unpaired) electrons. The molecule has 0 aliphatic heterocycles. The lowest BCUT2D eigenvalue weighted by atomic mass is 10.2. The molecule has 0 aromatic carbocycles. The normalized spacial score (nSPS) is 12.1. The summed E-state index contributed by atoms with van der Waals surface area (Å²) in [5.74, 6) is -1.59. The third-order valence-electron chi connectivity index (χ3n) is 3.20. The molecule has 0 aliphatic rings. The van der Waals surface area contributed by atoms with Crippen molar-refractivity contribution >= 4 is 5.97 Å². The van der Waals surface area contributed by atoms with Crippen LogP contribution in [0.25, 0.3) is 0 Å². The van der Waals surface area contributed by atoms with Crippen LogP contribution in [0.2, 0.25) is 0 Å². The SMILES string of the molecule is COCCCOC(=O)c1c(F)ncn1[C@H](C)c1ccccn1. The third-order valence-corrected chi connectivity index (χ3v) is 3.20. The summed E-state index contributed by atoms with van der Waals surface area (Å²) in [4.78, 5) is 19.8. The van der Waals surface area contributed by atoms with Gasteiger partial charge in [-0.1, -0.05) is 6.07 Å². The summed E-state index contributed by atoms with van der Waals surface area (Å²) < 4.78 is 25.2. The zero-order valence-electron chi connectivity index (χ0n) is 12.5. The second kappa shape index (κ2) is 7.65. The number of rotatable bonds is 7. The highest BCUT2D eigenvalue weighted by Gasteiger charge is 2.24. The summed E-state index contributed by atoms with van der Waals surface area (Å²) in [6, 6.07) is 5.08. The minimum atomic E-state index is -0.848. The van der Waals surface area contributed by atoms with Gasteiger partial charge in [0.25, 0.3) is 0 Å². The first-order valence-electron chi connectivity index (χ1n) is 6.94. The van der Waals surface area contributed by atoms with Crippen molar-refractivity contribution < 1.29 is 18.7 Å². The van der Waals surface area contributed by atoms with Crippen LogP contribution in [-0.2, 0) is 9.47 Å². The van der Waals surface area contributed by atoms with Crippen molar-refractivity contribution in [2.45, 2.75) is 19.4 Å². The van der Waals surface area contributed by atoms with E-state index in [1.807, 2.05) is 13.0 Å². The Morgan fingerprint density at radius 2 is 2.18 bits per heavy atom. The summed E-state index contributed by atoms with van der Waals surface area (Å²) in [5, 5.41) is 0. The molecule has 0 N–H and O–H groups in total. The average Bonchev–Trinajstić information content (AvgIpc) is 2.93. The highest BCUT2D eigenvalue weighted by atomic mass is 19.1. The van der Waals surface area contributed by atoms with Crippen molar-refractivity contribution in [2.24, 2.45) is 0 Å². The van der Waals surface area contributed by atoms with Crippen LogP contribution >= 0.6 is 0 Å². The molecule has 2 heterocycles. The number of imidazole rings is 1. The van der Waals surface area contributed by atoms with E-state index in [1.165, 1.54) is 10.9 Å². The smallest absolute Gasteiger partial charge is 0.359 e. The number of halogens is 1. The van der Waals surface area contributed by atoms with E-state index in [4.69, 9.17) is 9.47 Å². The molecule has 1 atom stereocenters. The van der Waals surface area contributed by atoms with Crippen LogP contribution in [0.1, 0.15) is 35.6 Å². The second-order valence-corrected chi connectivity index (χ2v) is 4.70. The number of pyridine rings is 1. The van der Waals surface area contributed by atoms with Crippen molar-refractivity contribution in [3.05, 3.63) is 48.1 Å². The number of carbonyl (C=O) groups is 1. The van der Waals surface area contributed by atoms with E-state index in [-0.39, 0.29) is 18.3 Å². The largest absolute Gasteiger partial charge is 0.461 e. The average molecular weight is 307 g/mol. The van der Waals surface area contributed by atoms with E-state index in [0.29, 0.717) is 18.7 Å². The number of hydrogen-bond donors (Lipinski definition) is 0. The number of aromatic nitrogens is 3. The Kier molecular flexibility index (Phi) is 5.60. The van der Waals surface area contributed by atoms with E-state index in [2.05, 4.69) is 9.97 Å². The summed E-state index contributed by atoms with van der Waals surface area (Å²) in [5.41, 5.74) is 0.504. The van der Waals surface area contributed by atoms with Gasteiger partial charge in [0.05, 0.1) is 24.7 Å². The molecule has 2 aromatic rings. The van der Waals surface area contributed by atoms with Crippen LogP contribution in [0, 0.1) is 5.95 Å². The van der Waals surface area contributed by atoms with Gasteiger partial charge in [-0.05, 0) is 19.1 Å². The van der Waals surface area contributed by atoms with Crippen molar-refractivity contribution in [1.29, 1.82) is 0 Å². The second-order valence-electron chi connectivity index (χ2n) is 4.70. The van der Waals surface area contributed by atoms with E-state index in [0.717, 1.165) is 0 Å². The molecule has 0 fully saturated rings. The van der Waals surface area contributed by atoms with Gasteiger partial charge in [-0.2, -0.15) is 4.39 Å². The Bertz CT molecular complexity index is 616. The number of esters is 1. The molecule has 0 unspecified atom stereocenters. The predicted molar refractivity (Wildman–Crippen MR) is 77.0 cm³/mol. The monoisotopic (exact) mass is 307 g/mol. The standard InChI is InChI=1S/C15H18FN3O3/c1-11(12-6-3-4-7-17-12)19-10-18-14(16)13(19)15(20)22-9-5-8-21-2/h3-4,6-7,10-11H,5,8-9H2,1-2H3/t11-/m1/s1. The van der Waals surface area contributed by atoms with Crippen LogP contribution in [-0.4, -0.2) is 40.8 Å². The highest BCUT2D eigenvalue weighted by molar-refractivity contribution is 5.87. The maximum atomic E-state index is 13.8. The van der Waals surface area contributed by atoms with Gasteiger partial charge >= 0.3 is 5.97 Å². The lowest BCUT2D eigenvalue weighted by Crippen LogP contribution is -2.18. The molecule has 0 bridgehead atoms. The first kappa shape index (κ1) is 16.1. The molecule has 0 amide bonds. The van der Waals surface area contributed by atoms with Crippen LogP contribution < -0.4 is 0 Å². The Morgan fingerprint density at radius 3 is 2.86 bits per heavy atom. The maximum absolute atomic E-state index is 13.8. The topological polar surface area (TPSA) is 66.2 Å². The maximum Gasteiger partial charge on any atom is 0.359 e. The molecule has 118 valence electrons. The molecule has 2 rings (SSSR count).